The van der Waals surface area contributed by atoms with Gasteiger partial charge in [-0.3, -0.25) is 4.79 Å². The van der Waals surface area contributed by atoms with Crippen molar-refractivity contribution in [2.45, 2.75) is 13.0 Å². The highest BCUT2D eigenvalue weighted by Gasteiger charge is 2.13. The zero-order valence-electron chi connectivity index (χ0n) is 9.75. The predicted molar refractivity (Wildman–Crippen MR) is 70.1 cm³/mol. The highest BCUT2D eigenvalue weighted by molar-refractivity contribution is 7.12. The summed E-state index contributed by atoms with van der Waals surface area (Å²) < 4.78 is 0. The lowest BCUT2D eigenvalue weighted by molar-refractivity contribution is 0.0947. The van der Waals surface area contributed by atoms with Crippen molar-refractivity contribution in [1.82, 2.24) is 10.3 Å². The third-order valence-corrected chi connectivity index (χ3v) is 3.15. The quantitative estimate of drug-likeness (QED) is 0.918. The first-order valence-corrected chi connectivity index (χ1v) is 6.30. The van der Waals surface area contributed by atoms with Gasteiger partial charge < -0.3 is 5.32 Å². The van der Waals surface area contributed by atoms with Gasteiger partial charge in [-0.05, 0) is 6.92 Å². The molecule has 0 aliphatic heterocycles. The summed E-state index contributed by atoms with van der Waals surface area (Å²) in [5.74, 6) is -0.309. The van der Waals surface area contributed by atoms with Gasteiger partial charge in [-0.25, -0.2) is 4.98 Å². The molecule has 1 aromatic carbocycles. The highest BCUT2D eigenvalue weighted by Crippen LogP contribution is 2.21. The van der Waals surface area contributed by atoms with Crippen molar-refractivity contribution < 1.29 is 4.79 Å². The van der Waals surface area contributed by atoms with E-state index in [1.807, 2.05) is 41.8 Å². The molecule has 1 atom stereocenters. The molecule has 0 fully saturated rings. The van der Waals surface area contributed by atoms with Crippen molar-refractivity contribution >= 4 is 17.2 Å². The standard InChI is InChI=1S/C13H11N3OS/c1-9(7-14)15-12(17)13-16-11(8-18-13)10-5-3-2-4-6-10/h2-6,8-9H,1H3,(H,15,17)/t9-/m1/s1. The Morgan fingerprint density at radius 1 is 1.44 bits per heavy atom. The second-order valence-corrected chi connectivity index (χ2v) is 4.59. The molecule has 0 saturated heterocycles. The largest absolute Gasteiger partial charge is 0.334 e. The van der Waals surface area contributed by atoms with Crippen LogP contribution in [0.4, 0.5) is 0 Å². The van der Waals surface area contributed by atoms with Crippen LogP contribution in [0.1, 0.15) is 16.7 Å². The van der Waals surface area contributed by atoms with Crippen LogP contribution < -0.4 is 5.32 Å². The van der Waals surface area contributed by atoms with Gasteiger partial charge in [-0.1, -0.05) is 30.3 Å². The molecule has 0 radical (unpaired) electrons. The Labute approximate surface area is 109 Å². The fraction of sp³-hybridized carbons (Fsp3) is 0.154. The van der Waals surface area contributed by atoms with E-state index in [9.17, 15) is 4.79 Å². The fourth-order valence-electron chi connectivity index (χ4n) is 1.41. The molecule has 0 spiro atoms. The molecule has 1 aromatic heterocycles. The number of thiazole rings is 1. The number of benzene rings is 1. The van der Waals surface area contributed by atoms with E-state index in [0.29, 0.717) is 5.01 Å². The smallest absolute Gasteiger partial charge is 0.281 e. The topological polar surface area (TPSA) is 65.8 Å². The molecule has 1 heterocycles. The van der Waals surface area contributed by atoms with Gasteiger partial charge >= 0.3 is 0 Å². The molecular weight excluding hydrogens is 246 g/mol. The van der Waals surface area contributed by atoms with E-state index in [1.165, 1.54) is 11.3 Å². The third kappa shape index (κ3) is 2.73. The van der Waals surface area contributed by atoms with Crippen LogP contribution in [-0.2, 0) is 0 Å². The number of carbonyl (C=O) groups is 1. The summed E-state index contributed by atoms with van der Waals surface area (Å²) >= 11 is 1.27. The maximum Gasteiger partial charge on any atom is 0.281 e. The lowest BCUT2D eigenvalue weighted by Crippen LogP contribution is -2.31. The third-order valence-electron chi connectivity index (χ3n) is 2.31. The van der Waals surface area contributed by atoms with Gasteiger partial charge in [0.05, 0.1) is 11.8 Å². The van der Waals surface area contributed by atoms with Gasteiger partial charge in [0.15, 0.2) is 5.01 Å². The van der Waals surface area contributed by atoms with Crippen LogP contribution in [0.5, 0.6) is 0 Å². The van der Waals surface area contributed by atoms with Gasteiger partial charge in [-0.15, -0.1) is 11.3 Å². The van der Waals surface area contributed by atoms with E-state index in [0.717, 1.165) is 11.3 Å². The van der Waals surface area contributed by atoms with Crippen molar-refractivity contribution in [3.8, 4) is 17.3 Å². The maximum atomic E-state index is 11.7. The second-order valence-electron chi connectivity index (χ2n) is 3.73. The fourth-order valence-corrected chi connectivity index (χ4v) is 2.14. The van der Waals surface area contributed by atoms with E-state index in [1.54, 1.807) is 6.92 Å². The zero-order valence-corrected chi connectivity index (χ0v) is 10.6. The van der Waals surface area contributed by atoms with Crippen molar-refractivity contribution in [2.75, 3.05) is 0 Å². The minimum atomic E-state index is -0.512. The van der Waals surface area contributed by atoms with E-state index in [-0.39, 0.29) is 5.91 Å². The highest BCUT2D eigenvalue weighted by atomic mass is 32.1. The Hall–Kier alpha value is -2.19. The van der Waals surface area contributed by atoms with Crippen LogP contribution in [0.15, 0.2) is 35.7 Å². The number of nitrogens with zero attached hydrogens (tertiary/aromatic N) is 2. The maximum absolute atomic E-state index is 11.7. The number of hydrogen-bond acceptors (Lipinski definition) is 4. The van der Waals surface area contributed by atoms with Crippen LogP contribution in [0.25, 0.3) is 11.3 Å². The molecule has 5 heteroatoms. The summed E-state index contributed by atoms with van der Waals surface area (Å²) in [5.41, 5.74) is 1.75. The molecule has 2 rings (SSSR count). The molecule has 0 unspecified atom stereocenters. The Bertz CT molecular complexity index is 586. The van der Waals surface area contributed by atoms with Crippen LogP contribution in [0.3, 0.4) is 0 Å². The summed E-state index contributed by atoms with van der Waals surface area (Å²) in [7, 11) is 0. The minimum Gasteiger partial charge on any atom is -0.334 e. The number of nitrogens with one attached hydrogen (secondary N) is 1. The number of rotatable bonds is 3. The van der Waals surface area contributed by atoms with Crippen molar-refractivity contribution in [3.63, 3.8) is 0 Å². The van der Waals surface area contributed by atoms with Gasteiger partial charge in [-0.2, -0.15) is 5.26 Å². The first-order chi connectivity index (χ1) is 8.70. The molecule has 18 heavy (non-hydrogen) atoms. The molecule has 0 aliphatic carbocycles. The van der Waals surface area contributed by atoms with Gasteiger partial charge in [0.2, 0.25) is 0 Å². The van der Waals surface area contributed by atoms with Crippen LogP contribution in [0.2, 0.25) is 0 Å². The Morgan fingerprint density at radius 3 is 2.83 bits per heavy atom. The van der Waals surface area contributed by atoms with E-state index in [4.69, 9.17) is 5.26 Å². The SMILES string of the molecule is C[C@H](C#N)NC(=O)c1nc(-c2ccccc2)cs1. The molecular formula is C13H11N3OS. The average Bonchev–Trinajstić information content (AvgIpc) is 2.89. The summed E-state index contributed by atoms with van der Waals surface area (Å²) in [6, 6.07) is 11.1. The van der Waals surface area contributed by atoms with Crippen LogP contribution >= 0.6 is 11.3 Å². The molecule has 0 bridgehead atoms. The summed E-state index contributed by atoms with van der Waals surface area (Å²) in [4.78, 5) is 16.0. The molecule has 2 aromatic rings. The van der Waals surface area contributed by atoms with Crippen molar-refractivity contribution in [2.24, 2.45) is 0 Å². The van der Waals surface area contributed by atoms with Gasteiger partial charge in [0, 0.05) is 10.9 Å². The zero-order chi connectivity index (χ0) is 13.0. The van der Waals surface area contributed by atoms with Gasteiger partial charge in [0.1, 0.15) is 6.04 Å². The number of carbonyl (C=O) groups excluding carboxylic acids is 1. The number of nitriles is 1. The Morgan fingerprint density at radius 2 is 2.17 bits per heavy atom. The summed E-state index contributed by atoms with van der Waals surface area (Å²) in [5, 5.41) is 13.4. The van der Waals surface area contributed by atoms with E-state index >= 15 is 0 Å². The Balaban J connectivity index is 2.17. The summed E-state index contributed by atoms with van der Waals surface area (Å²) in [6.07, 6.45) is 0. The lowest BCUT2D eigenvalue weighted by Gasteiger charge is -2.02. The van der Waals surface area contributed by atoms with E-state index in [2.05, 4.69) is 10.3 Å². The number of hydrogen-bond donors (Lipinski definition) is 1. The molecule has 1 amide bonds. The van der Waals surface area contributed by atoms with Crippen molar-refractivity contribution in [1.29, 1.82) is 5.26 Å². The van der Waals surface area contributed by atoms with Crippen LogP contribution in [-0.4, -0.2) is 16.9 Å². The van der Waals surface area contributed by atoms with Crippen molar-refractivity contribution in [3.05, 3.63) is 40.7 Å². The normalized spacial score (nSPS) is 11.6. The summed E-state index contributed by atoms with van der Waals surface area (Å²) in [6.45, 7) is 1.63. The molecule has 0 saturated carbocycles. The van der Waals surface area contributed by atoms with Crippen LogP contribution in [0, 0.1) is 11.3 Å². The monoisotopic (exact) mass is 257 g/mol. The number of amides is 1. The average molecular weight is 257 g/mol. The van der Waals surface area contributed by atoms with E-state index < -0.39 is 6.04 Å². The Kier molecular flexibility index (Phi) is 3.70. The molecule has 90 valence electrons. The van der Waals surface area contributed by atoms with Gasteiger partial charge in [0.25, 0.3) is 5.91 Å². The second kappa shape index (κ2) is 5.43. The predicted octanol–water partition coefficient (Wildman–Crippen LogP) is 2.45. The minimum absolute atomic E-state index is 0.309. The molecule has 4 nitrogen and oxygen atoms in total. The molecule has 1 N–H and O–H groups in total. The first-order valence-electron chi connectivity index (χ1n) is 5.42. The lowest BCUT2D eigenvalue weighted by atomic mass is 10.2. The molecule has 0 aliphatic rings. The first kappa shape index (κ1) is 12.3. The number of aromatic nitrogens is 1.